The van der Waals surface area contributed by atoms with E-state index >= 15 is 0 Å². The van der Waals surface area contributed by atoms with Crippen LogP contribution in [0.15, 0.2) is 79.5 Å². The van der Waals surface area contributed by atoms with Crippen LogP contribution in [0.1, 0.15) is 11.3 Å². The topological polar surface area (TPSA) is 60.6 Å². The van der Waals surface area contributed by atoms with Gasteiger partial charge in [-0.15, -0.1) is 5.10 Å². The Labute approximate surface area is 145 Å². The molecule has 0 fully saturated rings. The first-order valence-corrected chi connectivity index (χ1v) is 8.13. The smallest absolute Gasteiger partial charge is 0.0949 e. The van der Waals surface area contributed by atoms with Gasteiger partial charge in [0.25, 0.3) is 0 Å². The van der Waals surface area contributed by atoms with E-state index in [2.05, 4.69) is 37.3 Å². The molecule has 0 bridgehead atoms. The molecule has 0 amide bonds. The summed E-state index contributed by atoms with van der Waals surface area (Å²) in [7, 11) is 0. The molecular formula is C19H18N6. The van der Waals surface area contributed by atoms with Crippen molar-refractivity contribution in [1.29, 1.82) is 0 Å². The first-order chi connectivity index (χ1) is 12.4. The van der Waals surface area contributed by atoms with Crippen LogP contribution < -0.4 is 5.32 Å². The van der Waals surface area contributed by atoms with Crippen LogP contribution in [0.4, 0.5) is 5.69 Å². The second kappa shape index (κ2) is 7.00. The molecular weight excluding hydrogens is 312 g/mol. The highest BCUT2D eigenvalue weighted by Gasteiger charge is 2.07. The molecule has 0 atom stereocenters. The number of aromatic nitrogens is 5. The largest absolute Gasteiger partial charge is 0.379 e. The standard InChI is InChI=1S/C19H18N6/c1-2-7-17(8-3-1)25-18(13-22-23-25)12-21-19-9-5-4-6-16(19)14-24-11-10-20-15-24/h1-11,13,15,21H,12,14H2. The number of hydrogen-bond acceptors (Lipinski definition) is 4. The minimum atomic E-state index is 0.642. The Morgan fingerprint density at radius 2 is 1.80 bits per heavy atom. The van der Waals surface area contributed by atoms with Crippen LogP contribution in [0.2, 0.25) is 0 Å². The molecule has 2 aromatic heterocycles. The number of hydrogen-bond donors (Lipinski definition) is 1. The van der Waals surface area contributed by atoms with Crippen molar-refractivity contribution in [2.45, 2.75) is 13.1 Å². The molecule has 4 rings (SSSR count). The molecule has 0 spiro atoms. The summed E-state index contributed by atoms with van der Waals surface area (Å²) >= 11 is 0. The highest BCUT2D eigenvalue weighted by molar-refractivity contribution is 5.51. The minimum absolute atomic E-state index is 0.642. The fourth-order valence-corrected chi connectivity index (χ4v) is 2.76. The summed E-state index contributed by atoms with van der Waals surface area (Å²) in [5, 5.41) is 11.8. The summed E-state index contributed by atoms with van der Waals surface area (Å²) in [4.78, 5) is 4.10. The van der Waals surface area contributed by atoms with E-state index in [0.717, 1.165) is 23.6 Å². The third kappa shape index (κ3) is 3.42. The molecule has 0 saturated carbocycles. The van der Waals surface area contributed by atoms with Crippen molar-refractivity contribution in [3.63, 3.8) is 0 Å². The molecule has 2 heterocycles. The average molecular weight is 330 g/mol. The number of nitrogens with one attached hydrogen (secondary N) is 1. The zero-order valence-electron chi connectivity index (χ0n) is 13.7. The van der Waals surface area contributed by atoms with Crippen molar-refractivity contribution in [2.75, 3.05) is 5.32 Å². The first kappa shape index (κ1) is 15.1. The number of rotatable bonds is 6. The molecule has 1 N–H and O–H groups in total. The van der Waals surface area contributed by atoms with Crippen LogP contribution in [0, 0.1) is 0 Å². The van der Waals surface area contributed by atoms with Gasteiger partial charge in [-0.1, -0.05) is 41.6 Å². The Balaban J connectivity index is 1.52. The second-order valence-corrected chi connectivity index (χ2v) is 5.72. The Morgan fingerprint density at radius 3 is 2.64 bits per heavy atom. The zero-order chi connectivity index (χ0) is 16.9. The van der Waals surface area contributed by atoms with E-state index in [1.54, 1.807) is 12.4 Å². The van der Waals surface area contributed by atoms with Gasteiger partial charge in [-0.25, -0.2) is 9.67 Å². The van der Waals surface area contributed by atoms with Gasteiger partial charge < -0.3 is 9.88 Å². The second-order valence-electron chi connectivity index (χ2n) is 5.72. The molecule has 0 radical (unpaired) electrons. The SMILES string of the molecule is c1ccc(-n2nncc2CNc2ccccc2Cn2ccnc2)cc1. The first-order valence-electron chi connectivity index (χ1n) is 8.13. The van der Waals surface area contributed by atoms with Crippen LogP contribution in [0.3, 0.4) is 0 Å². The van der Waals surface area contributed by atoms with Gasteiger partial charge >= 0.3 is 0 Å². The maximum Gasteiger partial charge on any atom is 0.0949 e. The van der Waals surface area contributed by atoms with Gasteiger partial charge in [0.2, 0.25) is 0 Å². The fourth-order valence-electron chi connectivity index (χ4n) is 2.76. The van der Waals surface area contributed by atoms with E-state index in [1.807, 2.05) is 59.7 Å². The van der Waals surface area contributed by atoms with Crippen molar-refractivity contribution in [3.8, 4) is 5.69 Å². The van der Waals surface area contributed by atoms with Gasteiger partial charge in [-0.2, -0.15) is 0 Å². The Morgan fingerprint density at radius 1 is 0.960 bits per heavy atom. The maximum absolute atomic E-state index is 4.20. The van der Waals surface area contributed by atoms with Gasteiger partial charge in [0.05, 0.1) is 37.0 Å². The number of imidazole rings is 1. The predicted molar refractivity (Wildman–Crippen MR) is 96.5 cm³/mol. The van der Waals surface area contributed by atoms with Gasteiger partial charge in [0.1, 0.15) is 0 Å². The summed E-state index contributed by atoms with van der Waals surface area (Å²) in [6, 6.07) is 18.3. The van der Waals surface area contributed by atoms with E-state index in [-0.39, 0.29) is 0 Å². The number of para-hydroxylation sites is 2. The molecule has 0 unspecified atom stereocenters. The van der Waals surface area contributed by atoms with Crippen molar-refractivity contribution in [2.24, 2.45) is 0 Å². The molecule has 6 nitrogen and oxygen atoms in total. The zero-order valence-corrected chi connectivity index (χ0v) is 13.7. The van der Waals surface area contributed by atoms with Crippen molar-refractivity contribution >= 4 is 5.69 Å². The molecule has 2 aromatic carbocycles. The number of nitrogens with zero attached hydrogens (tertiary/aromatic N) is 5. The van der Waals surface area contributed by atoms with Crippen LogP contribution in [-0.2, 0) is 13.1 Å². The lowest BCUT2D eigenvalue weighted by molar-refractivity contribution is 0.767. The van der Waals surface area contributed by atoms with E-state index in [9.17, 15) is 0 Å². The number of anilines is 1. The van der Waals surface area contributed by atoms with Gasteiger partial charge in [0, 0.05) is 18.1 Å². The van der Waals surface area contributed by atoms with E-state index < -0.39 is 0 Å². The molecule has 0 aliphatic carbocycles. The van der Waals surface area contributed by atoms with Crippen LogP contribution in [0.25, 0.3) is 5.69 Å². The molecule has 4 aromatic rings. The fraction of sp³-hybridized carbons (Fsp3) is 0.105. The summed E-state index contributed by atoms with van der Waals surface area (Å²) in [6.45, 7) is 1.42. The van der Waals surface area contributed by atoms with E-state index in [4.69, 9.17) is 0 Å². The van der Waals surface area contributed by atoms with Crippen molar-refractivity contribution in [1.82, 2.24) is 24.5 Å². The van der Waals surface area contributed by atoms with E-state index in [0.29, 0.717) is 6.54 Å². The minimum Gasteiger partial charge on any atom is -0.379 e. The maximum atomic E-state index is 4.20. The summed E-state index contributed by atoms with van der Waals surface area (Å²) in [5.74, 6) is 0. The lowest BCUT2D eigenvalue weighted by Gasteiger charge is -2.13. The highest BCUT2D eigenvalue weighted by atomic mass is 15.4. The quantitative estimate of drug-likeness (QED) is 0.590. The molecule has 124 valence electrons. The molecule has 6 heteroatoms. The van der Waals surface area contributed by atoms with Crippen LogP contribution in [0.5, 0.6) is 0 Å². The molecule has 0 saturated heterocycles. The predicted octanol–water partition coefficient (Wildman–Crippen LogP) is 3.12. The van der Waals surface area contributed by atoms with Gasteiger partial charge in [-0.3, -0.25) is 0 Å². The monoisotopic (exact) mass is 330 g/mol. The molecule has 0 aliphatic heterocycles. The lowest BCUT2D eigenvalue weighted by atomic mass is 10.1. The summed E-state index contributed by atoms with van der Waals surface area (Å²) in [5.41, 5.74) is 4.31. The van der Waals surface area contributed by atoms with E-state index in [1.165, 1.54) is 5.56 Å². The Hall–Kier alpha value is -3.41. The normalized spacial score (nSPS) is 10.7. The third-order valence-corrected chi connectivity index (χ3v) is 4.01. The Kier molecular flexibility index (Phi) is 4.24. The summed E-state index contributed by atoms with van der Waals surface area (Å²) in [6.07, 6.45) is 7.37. The summed E-state index contributed by atoms with van der Waals surface area (Å²) < 4.78 is 3.90. The third-order valence-electron chi connectivity index (χ3n) is 4.01. The Bertz CT molecular complexity index is 927. The molecule has 25 heavy (non-hydrogen) atoms. The molecule has 0 aliphatic rings. The van der Waals surface area contributed by atoms with Crippen molar-refractivity contribution < 1.29 is 0 Å². The number of benzene rings is 2. The average Bonchev–Trinajstić information content (AvgIpc) is 3.33. The lowest BCUT2D eigenvalue weighted by Crippen LogP contribution is -2.09. The van der Waals surface area contributed by atoms with Crippen LogP contribution in [-0.4, -0.2) is 24.5 Å². The van der Waals surface area contributed by atoms with Gasteiger partial charge in [0.15, 0.2) is 0 Å². The van der Waals surface area contributed by atoms with Crippen LogP contribution >= 0.6 is 0 Å². The van der Waals surface area contributed by atoms with Crippen molar-refractivity contribution in [3.05, 3.63) is 90.8 Å². The highest BCUT2D eigenvalue weighted by Crippen LogP contribution is 2.18. The van der Waals surface area contributed by atoms with Gasteiger partial charge in [-0.05, 0) is 23.8 Å².